The first-order valence-corrected chi connectivity index (χ1v) is 6.13. The molecule has 0 amide bonds. The summed E-state index contributed by atoms with van der Waals surface area (Å²) < 4.78 is 0. The van der Waals surface area contributed by atoms with E-state index in [1.807, 2.05) is 0 Å². The Kier molecular flexibility index (Phi) is 3.82. The van der Waals surface area contributed by atoms with Crippen LogP contribution in [0, 0.1) is 11.3 Å². The van der Waals surface area contributed by atoms with Gasteiger partial charge in [0.05, 0.1) is 6.07 Å². The van der Waals surface area contributed by atoms with E-state index in [4.69, 9.17) is 5.26 Å². The van der Waals surface area contributed by atoms with Gasteiger partial charge < -0.3 is 5.32 Å². The monoisotopic (exact) mass is 214 g/mol. The quantitative estimate of drug-likeness (QED) is 0.763. The fraction of sp³-hybridized carbons (Fsp3) is 0.500. The molecule has 84 valence electrons. The lowest BCUT2D eigenvalue weighted by Crippen LogP contribution is -2.01. The Hall–Kier alpha value is -1.49. The minimum atomic E-state index is 0.672. The van der Waals surface area contributed by atoms with Crippen LogP contribution in [0.4, 0.5) is 5.69 Å². The molecule has 0 atom stereocenters. The zero-order valence-electron chi connectivity index (χ0n) is 9.63. The maximum Gasteiger partial charge on any atom is 0.0621 e. The molecule has 16 heavy (non-hydrogen) atoms. The molecule has 0 heterocycles. The molecule has 2 heteroatoms. The van der Waals surface area contributed by atoms with Gasteiger partial charge in [-0.05, 0) is 55.4 Å². The van der Waals surface area contributed by atoms with Gasteiger partial charge in [-0.2, -0.15) is 5.26 Å². The van der Waals surface area contributed by atoms with Crippen molar-refractivity contribution in [3.63, 3.8) is 0 Å². The second-order valence-corrected chi connectivity index (χ2v) is 4.38. The largest absolute Gasteiger partial charge is 0.385 e. The van der Waals surface area contributed by atoms with E-state index in [0.717, 1.165) is 19.4 Å². The molecule has 2 nitrogen and oxygen atoms in total. The van der Waals surface area contributed by atoms with Gasteiger partial charge in [-0.1, -0.05) is 6.07 Å². The van der Waals surface area contributed by atoms with Crippen LogP contribution >= 0.6 is 0 Å². The minimum Gasteiger partial charge on any atom is -0.385 e. The summed E-state index contributed by atoms with van der Waals surface area (Å²) in [6.45, 7) is 0.973. The number of aryl methyl sites for hydroxylation is 2. The summed E-state index contributed by atoms with van der Waals surface area (Å²) in [6, 6.07) is 8.88. The van der Waals surface area contributed by atoms with Crippen LogP contribution in [-0.4, -0.2) is 6.54 Å². The van der Waals surface area contributed by atoms with Crippen LogP contribution in [0.15, 0.2) is 18.2 Å². The van der Waals surface area contributed by atoms with Crippen LogP contribution in [0.25, 0.3) is 0 Å². The number of fused-ring (bicyclic) bond motifs is 1. The van der Waals surface area contributed by atoms with E-state index in [1.165, 1.54) is 36.1 Å². The van der Waals surface area contributed by atoms with Crippen molar-refractivity contribution in [2.75, 3.05) is 11.9 Å². The Morgan fingerprint density at radius 3 is 2.94 bits per heavy atom. The number of hydrogen-bond acceptors (Lipinski definition) is 2. The lowest BCUT2D eigenvalue weighted by Gasteiger charge is -2.07. The van der Waals surface area contributed by atoms with E-state index in [2.05, 4.69) is 29.6 Å². The Morgan fingerprint density at radius 1 is 1.19 bits per heavy atom. The van der Waals surface area contributed by atoms with Gasteiger partial charge in [0.15, 0.2) is 0 Å². The van der Waals surface area contributed by atoms with Crippen LogP contribution in [0.5, 0.6) is 0 Å². The average molecular weight is 214 g/mol. The van der Waals surface area contributed by atoms with Gasteiger partial charge in [-0.3, -0.25) is 0 Å². The number of anilines is 1. The van der Waals surface area contributed by atoms with Crippen LogP contribution in [-0.2, 0) is 12.8 Å². The van der Waals surface area contributed by atoms with Crippen LogP contribution in [0.1, 0.15) is 36.8 Å². The summed E-state index contributed by atoms with van der Waals surface area (Å²) in [7, 11) is 0. The SMILES string of the molecule is N#CCCCCNc1ccc2c(c1)CCC2. The van der Waals surface area contributed by atoms with Gasteiger partial charge >= 0.3 is 0 Å². The van der Waals surface area contributed by atoms with Crippen molar-refractivity contribution in [3.8, 4) is 6.07 Å². The molecule has 1 aromatic carbocycles. The van der Waals surface area contributed by atoms with E-state index < -0.39 is 0 Å². The highest BCUT2D eigenvalue weighted by Gasteiger charge is 2.10. The molecule has 0 fully saturated rings. The molecule has 2 rings (SSSR count). The van der Waals surface area contributed by atoms with Crippen molar-refractivity contribution in [2.45, 2.75) is 38.5 Å². The predicted molar refractivity (Wildman–Crippen MR) is 66.4 cm³/mol. The molecule has 1 aliphatic carbocycles. The predicted octanol–water partition coefficient (Wildman–Crippen LogP) is 3.28. The molecule has 0 bridgehead atoms. The van der Waals surface area contributed by atoms with Gasteiger partial charge in [0, 0.05) is 18.7 Å². The first-order valence-electron chi connectivity index (χ1n) is 6.13. The smallest absolute Gasteiger partial charge is 0.0621 e. The maximum atomic E-state index is 8.42. The molecule has 0 saturated heterocycles. The topological polar surface area (TPSA) is 35.8 Å². The molecule has 0 spiro atoms. The Balaban J connectivity index is 1.80. The van der Waals surface area contributed by atoms with E-state index in [0.29, 0.717) is 6.42 Å². The lowest BCUT2D eigenvalue weighted by molar-refractivity contribution is 0.784. The van der Waals surface area contributed by atoms with Gasteiger partial charge in [0.25, 0.3) is 0 Å². The van der Waals surface area contributed by atoms with E-state index in [9.17, 15) is 0 Å². The number of unbranched alkanes of at least 4 members (excludes halogenated alkanes) is 2. The van der Waals surface area contributed by atoms with Gasteiger partial charge in [-0.15, -0.1) is 0 Å². The second-order valence-electron chi connectivity index (χ2n) is 4.38. The minimum absolute atomic E-state index is 0.672. The second kappa shape index (κ2) is 5.55. The number of nitrogens with zero attached hydrogens (tertiary/aromatic N) is 1. The number of benzene rings is 1. The summed E-state index contributed by atoms with van der Waals surface area (Å²) in [5.74, 6) is 0. The average Bonchev–Trinajstić information content (AvgIpc) is 2.76. The van der Waals surface area contributed by atoms with Crippen molar-refractivity contribution in [3.05, 3.63) is 29.3 Å². The number of hydrogen-bond donors (Lipinski definition) is 1. The first-order chi connectivity index (χ1) is 7.90. The normalized spacial score (nSPS) is 13.2. The molecule has 0 aromatic heterocycles. The van der Waals surface area contributed by atoms with E-state index in [1.54, 1.807) is 0 Å². The summed E-state index contributed by atoms with van der Waals surface area (Å²) in [5, 5.41) is 11.8. The standard InChI is InChI=1S/C14H18N2/c15-9-2-1-3-10-16-14-8-7-12-5-4-6-13(12)11-14/h7-8,11,16H,1-6,10H2. The van der Waals surface area contributed by atoms with Gasteiger partial charge in [-0.25, -0.2) is 0 Å². The molecule has 0 radical (unpaired) electrons. The van der Waals surface area contributed by atoms with Gasteiger partial charge in [0.2, 0.25) is 0 Å². The zero-order valence-corrected chi connectivity index (χ0v) is 9.63. The molecule has 1 N–H and O–H groups in total. The van der Waals surface area contributed by atoms with Gasteiger partial charge in [0.1, 0.15) is 0 Å². The van der Waals surface area contributed by atoms with Crippen LogP contribution in [0.2, 0.25) is 0 Å². The third kappa shape index (κ3) is 2.76. The molecule has 0 aliphatic heterocycles. The summed E-state index contributed by atoms with van der Waals surface area (Å²) in [5.41, 5.74) is 4.27. The summed E-state index contributed by atoms with van der Waals surface area (Å²) in [4.78, 5) is 0. The van der Waals surface area contributed by atoms with Crippen molar-refractivity contribution in [1.29, 1.82) is 5.26 Å². The Bertz CT molecular complexity index is 390. The van der Waals surface area contributed by atoms with Crippen LogP contribution < -0.4 is 5.32 Å². The fourth-order valence-electron chi connectivity index (χ4n) is 2.24. The molecule has 0 saturated carbocycles. The van der Waals surface area contributed by atoms with Crippen molar-refractivity contribution in [1.82, 2.24) is 0 Å². The first kappa shape index (κ1) is 11.0. The Labute approximate surface area is 97.3 Å². The molecule has 1 aromatic rings. The third-order valence-corrected chi connectivity index (χ3v) is 3.14. The third-order valence-electron chi connectivity index (χ3n) is 3.14. The van der Waals surface area contributed by atoms with E-state index >= 15 is 0 Å². The molecule has 0 unspecified atom stereocenters. The zero-order chi connectivity index (χ0) is 11.2. The molecular formula is C14H18N2. The van der Waals surface area contributed by atoms with Crippen molar-refractivity contribution >= 4 is 5.69 Å². The number of nitriles is 1. The molecular weight excluding hydrogens is 196 g/mol. The van der Waals surface area contributed by atoms with E-state index in [-0.39, 0.29) is 0 Å². The Morgan fingerprint density at radius 2 is 2.06 bits per heavy atom. The number of nitrogens with one attached hydrogen (secondary N) is 1. The lowest BCUT2D eigenvalue weighted by atomic mass is 10.1. The molecule has 1 aliphatic rings. The summed E-state index contributed by atoms with van der Waals surface area (Å²) >= 11 is 0. The van der Waals surface area contributed by atoms with Crippen molar-refractivity contribution in [2.24, 2.45) is 0 Å². The van der Waals surface area contributed by atoms with Crippen molar-refractivity contribution < 1.29 is 0 Å². The fourth-order valence-corrected chi connectivity index (χ4v) is 2.24. The van der Waals surface area contributed by atoms with Crippen LogP contribution in [0.3, 0.4) is 0 Å². The highest BCUT2D eigenvalue weighted by Crippen LogP contribution is 2.24. The summed E-state index contributed by atoms with van der Waals surface area (Å²) in [6.07, 6.45) is 6.53. The number of rotatable bonds is 5. The highest BCUT2D eigenvalue weighted by molar-refractivity contribution is 5.50. The highest BCUT2D eigenvalue weighted by atomic mass is 14.9. The maximum absolute atomic E-state index is 8.42.